The van der Waals surface area contributed by atoms with Crippen LogP contribution in [0.5, 0.6) is 0 Å². The van der Waals surface area contributed by atoms with E-state index in [9.17, 15) is 18.3 Å². The van der Waals surface area contributed by atoms with Crippen molar-refractivity contribution in [3.63, 3.8) is 0 Å². The van der Waals surface area contributed by atoms with Crippen LogP contribution in [-0.2, 0) is 0 Å². The van der Waals surface area contributed by atoms with Crippen LogP contribution in [0.3, 0.4) is 0 Å². The molecule has 1 atom stereocenters. The van der Waals surface area contributed by atoms with Crippen LogP contribution in [0, 0.1) is 0 Å². The van der Waals surface area contributed by atoms with Crippen LogP contribution >= 0.6 is 0 Å². The second-order valence-corrected chi connectivity index (χ2v) is 4.65. The van der Waals surface area contributed by atoms with Gasteiger partial charge in [-0.1, -0.05) is 6.92 Å². The minimum Gasteiger partial charge on any atom is -0.390 e. The Kier molecular flexibility index (Phi) is 6.34. The largest absolute Gasteiger partial charge is 0.401 e. The van der Waals surface area contributed by atoms with Crippen molar-refractivity contribution in [3.8, 4) is 0 Å². The van der Waals surface area contributed by atoms with Gasteiger partial charge in [-0.3, -0.25) is 9.80 Å². The van der Waals surface area contributed by atoms with Crippen LogP contribution in [-0.4, -0.2) is 79.5 Å². The molecule has 2 N–H and O–H groups in total. The molecule has 0 aromatic heterocycles. The Morgan fingerprint density at radius 3 is 2.44 bits per heavy atom. The number of halogens is 3. The Hall–Kier alpha value is -0.370. The molecule has 0 spiro atoms. The Balaban J connectivity index is 2.29. The van der Waals surface area contributed by atoms with Crippen molar-refractivity contribution in [1.29, 1.82) is 0 Å². The van der Waals surface area contributed by atoms with Crippen molar-refractivity contribution in [2.45, 2.75) is 19.2 Å². The lowest BCUT2D eigenvalue weighted by molar-refractivity contribution is -0.148. The third-order valence-corrected chi connectivity index (χ3v) is 3.00. The van der Waals surface area contributed by atoms with Crippen molar-refractivity contribution in [2.75, 3.05) is 52.4 Å². The molecule has 0 saturated carbocycles. The first kappa shape index (κ1) is 15.7. The molecule has 0 aliphatic carbocycles. The molecular formula is C11H22F3N3O. The maximum Gasteiger partial charge on any atom is 0.401 e. The van der Waals surface area contributed by atoms with Gasteiger partial charge < -0.3 is 10.4 Å². The molecule has 1 aliphatic rings. The lowest BCUT2D eigenvalue weighted by Gasteiger charge is -2.31. The number of piperazine rings is 1. The SMILES string of the molecule is CCN(CC(O)CN1CCNCC1)CC(F)(F)F. The Morgan fingerprint density at radius 1 is 1.33 bits per heavy atom. The topological polar surface area (TPSA) is 38.7 Å². The van der Waals surface area contributed by atoms with Gasteiger partial charge in [-0.05, 0) is 6.54 Å². The van der Waals surface area contributed by atoms with Crippen molar-refractivity contribution in [3.05, 3.63) is 0 Å². The fraction of sp³-hybridized carbons (Fsp3) is 1.00. The highest BCUT2D eigenvalue weighted by molar-refractivity contribution is 4.74. The summed E-state index contributed by atoms with van der Waals surface area (Å²) in [5, 5.41) is 13.0. The van der Waals surface area contributed by atoms with E-state index in [1.165, 1.54) is 4.90 Å². The van der Waals surface area contributed by atoms with Crippen LogP contribution in [0.2, 0.25) is 0 Å². The summed E-state index contributed by atoms with van der Waals surface area (Å²) in [4.78, 5) is 3.30. The molecule has 108 valence electrons. The van der Waals surface area contributed by atoms with Gasteiger partial charge in [-0.2, -0.15) is 13.2 Å². The highest BCUT2D eigenvalue weighted by Crippen LogP contribution is 2.16. The molecule has 1 unspecified atom stereocenters. The third kappa shape index (κ3) is 6.53. The standard InChI is InChI=1S/C11H22F3N3O/c1-2-16(9-11(12,13)14)7-10(18)8-17-5-3-15-4-6-17/h10,15,18H,2-9H2,1H3. The van der Waals surface area contributed by atoms with Crippen LogP contribution in [0.4, 0.5) is 13.2 Å². The molecule has 0 radical (unpaired) electrons. The summed E-state index contributed by atoms with van der Waals surface area (Å²) in [5.41, 5.74) is 0. The van der Waals surface area contributed by atoms with Crippen LogP contribution in [0.1, 0.15) is 6.92 Å². The van der Waals surface area contributed by atoms with E-state index < -0.39 is 18.8 Å². The van der Waals surface area contributed by atoms with Crippen molar-refractivity contribution in [2.24, 2.45) is 0 Å². The number of likely N-dealkylation sites (N-methyl/N-ethyl adjacent to an activating group) is 1. The van der Waals surface area contributed by atoms with Gasteiger partial charge in [0.25, 0.3) is 0 Å². The summed E-state index contributed by atoms with van der Waals surface area (Å²) in [6.45, 7) is 4.92. The van der Waals surface area contributed by atoms with E-state index in [1.807, 2.05) is 0 Å². The maximum atomic E-state index is 12.3. The predicted octanol–water partition coefficient (Wildman–Crippen LogP) is 0.137. The second kappa shape index (κ2) is 7.28. The molecule has 0 bridgehead atoms. The monoisotopic (exact) mass is 269 g/mol. The number of alkyl halides is 3. The molecule has 1 heterocycles. The zero-order valence-corrected chi connectivity index (χ0v) is 10.7. The van der Waals surface area contributed by atoms with Gasteiger partial charge in [0, 0.05) is 39.3 Å². The van der Waals surface area contributed by atoms with E-state index in [0.717, 1.165) is 26.2 Å². The molecule has 4 nitrogen and oxygen atoms in total. The number of aliphatic hydroxyl groups is 1. The zero-order chi connectivity index (χ0) is 13.6. The number of aliphatic hydroxyl groups excluding tert-OH is 1. The first-order valence-corrected chi connectivity index (χ1v) is 6.31. The molecular weight excluding hydrogens is 247 g/mol. The molecule has 1 saturated heterocycles. The summed E-state index contributed by atoms with van der Waals surface area (Å²) < 4.78 is 36.8. The van der Waals surface area contributed by atoms with E-state index in [1.54, 1.807) is 6.92 Å². The summed E-state index contributed by atoms with van der Waals surface area (Å²) in [6.07, 6.45) is -4.93. The molecule has 18 heavy (non-hydrogen) atoms. The quantitative estimate of drug-likeness (QED) is 0.719. The van der Waals surface area contributed by atoms with Gasteiger partial charge in [-0.15, -0.1) is 0 Å². The number of hydrogen-bond acceptors (Lipinski definition) is 4. The predicted molar refractivity (Wildman–Crippen MR) is 63.5 cm³/mol. The van der Waals surface area contributed by atoms with Crippen molar-refractivity contribution >= 4 is 0 Å². The van der Waals surface area contributed by atoms with Crippen LogP contribution in [0.15, 0.2) is 0 Å². The summed E-state index contributed by atoms with van der Waals surface area (Å²) in [5.74, 6) is 0. The fourth-order valence-corrected chi connectivity index (χ4v) is 2.11. The van der Waals surface area contributed by atoms with E-state index in [2.05, 4.69) is 10.2 Å². The van der Waals surface area contributed by atoms with Crippen molar-refractivity contribution in [1.82, 2.24) is 15.1 Å². The second-order valence-electron chi connectivity index (χ2n) is 4.65. The number of nitrogens with zero attached hydrogens (tertiary/aromatic N) is 2. The molecule has 0 aromatic carbocycles. The summed E-state index contributed by atoms with van der Waals surface area (Å²) in [7, 11) is 0. The minimum atomic E-state index is -4.20. The highest BCUT2D eigenvalue weighted by atomic mass is 19.4. The van der Waals surface area contributed by atoms with Gasteiger partial charge >= 0.3 is 6.18 Å². The lowest BCUT2D eigenvalue weighted by Crippen LogP contribution is -2.49. The van der Waals surface area contributed by atoms with Gasteiger partial charge in [0.2, 0.25) is 0 Å². The van der Waals surface area contributed by atoms with Crippen LogP contribution < -0.4 is 5.32 Å². The Morgan fingerprint density at radius 2 is 1.94 bits per heavy atom. The van der Waals surface area contributed by atoms with Gasteiger partial charge in [0.05, 0.1) is 12.6 Å². The first-order chi connectivity index (χ1) is 8.40. The van der Waals surface area contributed by atoms with E-state index in [-0.39, 0.29) is 13.1 Å². The van der Waals surface area contributed by atoms with Crippen LogP contribution in [0.25, 0.3) is 0 Å². The zero-order valence-electron chi connectivity index (χ0n) is 10.7. The minimum absolute atomic E-state index is 0.0694. The fourth-order valence-electron chi connectivity index (χ4n) is 2.11. The maximum absolute atomic E-state index is 12.3. The molecule has 1 rings (SSSR count). The third-order valence-electron chi connectivity index (χ3n) is 3.00. The van der Waals surface area contributed by atoms with Crippen molar-refractivity contribution < 1.29 is 18.3 Å². The lowest BCUT2D eigenvalue weighted by atomic mass is 10.2. The van der Waals surface area contributed by atoms with E-state index >= 15 is 0 Å². The normalized spacial score (nSPS) is 20.3. The van der Waals surface area contributed by atoms with Gasteiger partial charge in [-0.25, -0.2) is 0 Å². The number of nitrogens with one attached hydrogen (secondary N) is 1. The van der Waals surface area contributed by atoms with E-state index in [0.29, 0.717) is 6.54 Å². The number of β-amino-alcohol motifs (C(OH)–C–C–N with tert-alkyl or cyclic N) is 1. The molecule has 7 heteroatoms. The molecule has 0 aromatic rings. The Bertz CT molecular complexity index is 232. The summed E-state index contributed by atoms with van der Waals surface area (Å²) >= 11 is 0. The number of rotatable bonds is 6. The molecule has 1 aliphatic heterocycles. The van der Waals surface area contributed by atoms with Gasteiger partial charge in [0.1, 0.15) is 0 Å². The average molecular weight is 269 g/mol. The molecule has 1 fully saturated rings. The smallest absolute Gasteiger partial charge is 0.390 e. The average Bonchev–Trinajstić information content (AvgIpc) is 2.27. The first-order valence-electron chi connectivity index (χ1n) is 6.31. The number of hydrogen-bond donors (Lipinski definition) is 2. The summed E-state index contributed by atoms with van der Waals surface area (Å²) in [6, 6.07) is 0. The van der Waals surface area contributed by atoms with E-state index in [4.69, 9.17) is 0 Å². The Labute approximate surface area is 106 Å². The highest BCUT2D eigenvalue weighted by Gasteiger charge is 2.31. The molecule has 0 amide bonds. The van der Waals surface area contributed by atoms with Gasteiger partial charge in [0.15, 0.2) is 0 Å².